The molecule has 0 fully saturated rings. The molecule has 0 saturated carbocycles. The Hall–Kier alpha value is -1.60. The number of aryl methyl sites for hydroxylation is 1. The Morgan fingerprint density at radius 3 is 1.67 bits per heavy atom. The Morgan fingerprint density at radius 1 is 0.576 bits per heavy atom. The number of rotatable bonds is 19. The van der Waals surface area contributed by atoms with E-state index < -0.39 is 0 Å². The monoisotopic (exact) mass is 469 g/mol. The van der Waals surface area contributed by atoms with Crippen LogP contribution in [0.5, 0.6) is 0 Å². The standard InChI is InChI=1S/C31H48N.ClH/c1-2-3-4-5-6-7-8-9-10-11-12-13-14-15-16-17-19-22-30-25-27-32(28-26-30)29-31-23-20-18-21-24-31;/h9-10,18,20-21,23-28H,2-8,11-17,19,22,29H2,1H3;1H/q+1;/p-1/b10-9-;. The van der Waals surface area contributed by atoms with Crippen molar-refractivity contribution in [3.05, 3.63) is 78.1 Å². The van der Waals surface area contributed by atoms with Crippen LogP contribution in [0, 0.1) is 0 Å². The zero-order valence-electron chi connectivity index (χ0n) is 21.2. The van der Waals surface area contributed by atoms with E-state index in [2.05, 4.69) is 78.5 Å². The minimum absolute atomic E-state index is 0. The van der Waals surface area contributed by atoms with Crippen molar-refractivity contribution in [2.45, 2.75) is 116 Å². The van der Waals surface area contributed by atoms with Gasteiger partial charge >= 0.3 is 0 Å². The van der Waals surface area contributed by atoms with Gasteiger partial charge in [0.15, 0.2) is 18.9 Å². The molecule has 0 N–H and O–H groups in total. The molecule has 0 spiro atoms. The molecule has 0 aliphatic carbocycles. The van der Waals surface area contributed by atoms with Crippen LogP contribution in [-0.4, -0.2) is 0 Å². The summed E-state index contributed by atoms with van der Waals surface area (Å²) in [5.74, 6) is 0. The number of benzene rings is 1. The summed E-state index contributed by atoms with van der Waals surface area (Å²) < 4.78 is 2.27. The molecule has 1 nitrogen and oxygen atoms in total. The zero-order chi connectivity index (χ0) is 22.5. The van der Waals surface area contributed by atoms with Gasteiger partial charge in [0.05, 0.1) is 0 Å². The predicted molar refractivity (Wildman–Crippen MR) is 140 cm³/mol. The summed E-state index contributed by atoms with van der Waals surface area (Å²) in [7, 11) is 0. The van der Waals surface area contributed by atoms with Crippen molar-refractivity contribution in [3.8, 4) is 0 Å². The van der Waals surface area contributed by atoms with E-state index in [1.54, 1.807) is 0 Å². The van der Waals surface area contributed by atoms with Crippen LogP contribution in [0.15, 0.2) is 67.0 Å². The van der Waals surface area contributed by atoms with Crippen LogP contribution in [0.25, 0.3) is 0 Å². The molecule has 33 heavy (non-hydrogen) atoms. The van der Waals surface area contributed by atoms with Crippen molar-refractivity contribution in [2.24, 2.45) is 0 Å². The first-order valence-electron chi connectivity index (χ1n) is 13.6. The summed E-state index contributed by atoms with van der Waals surface area (Å²) in [6, 6.07) is 15.3. The minimum Gasteiger partial charge on any atom is -1.00 e. The first-order valence-corrected chi connectivity index (χ1v) is 13.6. The molecule has 0 aliphatic heterocycles. The fourth-order valence-corrected chi connectivity index (χ4v) is 4.31. The van der Waals surface area contributed by atoms with Gasteiger partial charge in [-0.2, -0.15) is 0 Å². The van der Waals surface area contributed by atoms with Gasteiger partial charge in [-0.25, -0.2) is 4.57 Å². The highest BCUT2D eigenvalue weighted by Crippen LogP contribution is 2.12. The van der Waals surface area contributed by atoms with Crippen LogP contribution in [0.1, 0.15) is 114 Å². The third-order valence-electron chi connectivity index (χ3n) is 6.40. The maximum atomic E-state index is 2.43. The number of nitrogens with zero attached hydrogens (tertiary/aromatic N) is 1. The number of hydrogen-bond donors (Lipinski definition) is 0. The Kier molecular flexibility index (Phi) is 18.7. The van der Waals surface area contributed by atoms with Gasteiger partial charge in [0, 0.05) is 17.7 Å². The lowest BCUT2D eigenvalue weighted by Crippen LogP contribution is -3.00. The van der Waals surface area contributed by atoms with Crippen LogP contribution in [0.2, 0.25) is 0 Å². The second-order valence-electron chi connectivity index (χ2n) is 9.41. The lowest BCUT2D eigenvalue weighted by atomic mass is 10.0. The molecule has 1 aromatic carbocycles. The van der Waals surface area contributed by atoms with Gasteiger partial charge in [-0.15, -0.1) is 0 Å². The van der Waals surface area contributed by atoms with Crippen molar-refractivity contribution >= 4 is 0 Å². The van der Waals surface area contributed by atoms with Crippen molar-refractivity contribution in [3.63, 3.8) is 0 Å². The maximum absolute atomic E-state index is 2.43. The number of unbranched alkanes of at least 4 members (excludes halogenated alkanes) is 13. The minimum atomic E-state index is 0. The van der Waals surface area contributed by atoms with Crippen molar-refractivity contribution < 1.29 is 17.0 Å². The molecule has 1 heterocycles. The van der Waals surface area contributed by atoms with Crippen molar-refractivity contribution in [1.82, 2.24) is 0 Å². The van der Waals surface area contributed by atoms with E-state index in [9.17, 15) is 0 Å². The summed E-state index contributed by atoms with van der Waals surface area (Å²) in [6.07, 6.45) is 31.2. The van der Waals surface area contributed by atoms with E-state index in [4.69, 9.17) is 0 Å². The molecule has 0 unspecified atom stereocenters. The molecule has 2 aromatic rings. The Morgan fingerprint density at radius 2 is 1.09 bits per heavy atom. The van der Waals surface area contributed by atoms with E-state index in [1.807, 2.05) is 0 Å². The lowest BCUT2D eigenvalue weighted by Gasteiger charge is -2.03. The molecule has 0 bridgehead atoms. The highest BCUT2D eigenvalue weighted by atomic mass is 35.5. The Bertz CT molecular complexity index is 693. The van der Waals surface area contributed by atoms with E-state index in [0.717, 1.165) is 6.54 Å². The van der Waals surface area contributed by atoms with Gasteiger partial charge < -0.3 is 12.4 Å². The van der Waals surface area contributed by atoms with Gasteiger partial charge in [-0.05, 0) is 44.1 Å². The van der Waals surface area contributed by atoms with Gasteiger partial charge in [0.2, 0.25) is 0 Å². The second kappa shape index (κ2) is 21.0. The molecule has 0 amide bonds. The molecule has 0 aliphatic rings. The summed E-state index contributed by atoms with van der Waals surface area (Å²) in [6.45, 7) is 3.24. The molecule has 2 rings (SSSR count). The summed E-state index contributed by atoms with van der Waals surface area (Å²) >= 11 is 0. The Balaban J connectivity index is 0.00000544. The third-order valence-corrected chi connectivity index (χ3v) is 6.40. The second-order valence-corrected chi connectivity index (χ2v) is 9.41. The first kappa shape index (κ1) is 29.4. The summed E-state index contributed by atoms with van der Waals surface area (Å²) in [5, 5.41) is 0. The fraction of sp³-hybridized carbons (Fsp3) is 0.581. The quantitative estimate of drug-likeness (QED) is 0.135. The van der Waals surface area contributed by atoms with E-state index >= 15 is 0 Å². The lowest BCUT2D eigenvalue weighted by molar-refractivity contribution is -0.688. The van der Waals surface area contributed by atoms with E-state index in [1.165, 1.54) is 114 Å². The molecule has 2 heteroatoms. The number of hydrogen-bond acceptors (Lipinski definition) is 0. The fourth-order valence-electron chi connectivity index (χ4n) is 4.31. The largest absolute Gasteiger partial charge is 1.00 e. The van der Waals surface area contributed by atoms with E-state index in [0.29, 0.717) is 0 Å². The third kappa shape index (κ3) is 15.8. The van der Waals surface area contributed by atoms with Gasteiger partial charge in [0.1, 0.15) is 0 Å². The van der Waals surface area contributed by atoms with Gasteiger partial charge in [-0.1, -0.05) is 114 Å². The zero-order valence-corrected chi connectivity index (χ0v) is 22.0. The van der Waals surface area contributed by atoms with Crippen LogP contribution in [0.3, 0.4) is 0 Å². The highest BCUT2D eigenvalue weighted by Gasteiger charge is 2.02. The first-order chi connectivity index (χ1) is 15.9. The van der Waals surface area contributed by atoms with Crippen molar-refractivity contribution in [1.29, 1.82) is 0 Å². The molecule has 0 atom stereocenters. The van der Waals surface area contributed by atoms with E-state index in [-0.39, 0.29) is 12.4 Å². The normalized spacial score (nSPS) is 11.1. The molecule has 0 saturated heterocycles. The number of halogens is 1. The average molecular weight is 470 g/mol. The molecule has 184 valence electrons. The smallest absolute Gasteiger partial charge is 0.173 e. The summed E-state index contributed by atoms with van der Waals surface area (Å²) in [5.41, 5.74) is 2.83. The number of pyridine rings is 1. The topological polar surface area (TPSA) is 3.88 Å². The van der Waals surface area contributed by atoms with Gasteiger partial charge in [-0.3, -0.25) is 0 Å². The average Bonchev–Trinajstić information content (AvgIpc) is 2.83. The highest BCUT2D eigenvalue weighted by molar-refractivity contribution is 5.13. The SMILES string of the molecule is CCCCCCCC/C=C\CCCCCCCCCc1cc[n+](Cc2ccccc2)cc1.[Cl-]. The van der Waals surface area contributed by atoms with Crippen LogP contribution < -0.4 is 17.0 Å². The summed E-state index contributed by atoms with van der Waals surface area (Å²) in [4.78, 5) is 0. The van der Waals surface area contributed by atoms with Crippen LogP contribution in [-0.2, 0) is 13.0 Å². The van der Waals surface area contributed by atoms with Gasteiger partial charge in [0.25, 0.3) is 0 Å². The molecular formula is C31H48ClN. The predicted octanol–water partition coefficient (Wildman–Crippen LogP) is 6.00. The molecular weight excluding hydrogens is 422 g/mol. The molecule has 0 radical (unpaired) electrons. The molecule has 1 aromatic heterocycles. The number of aromatic nitrogens is 1. The van der Waals surface area contributed by atoms with Crippen molar-refractivity contribution in [2.75, 3.05) is 0 Å². The Labute approximate surface area is 211 Å². The van der Waals surface area contributed by atoms with Crippen LogP contribution >= 0.6 is 0 Å². The van der Waals surface area contributed by atoms with Crippen LogP contribution in [0.4, 0.5) is 0 Å². The maximum Gasteiger partial charge on any atom is 0.173 e. The number of allylic oxidation sites excluding steroid dienone is 2.